The van der Waals surface area contributed by atoms with E-state index >= 15 is 0 Å². The van der Waals surface area contributed by atoms with E-state index in [1.807, 2.05) is 19.1 Å². The maximum atomic E-state index is 12.1. The smallest absolute Gasteiger partial charge is 0.235 e. The van der Waals surface area contributed by atoms with Crippen LogP contribution in [0.1, 0.15) is 18.1 Å². The predicted octanol–water partition coefficient (Wildman–Crippen LogP) is 1.83. The number of sulfonamides is 1. The number of amides is 1. The third-order valence-corrected chi connectivity index (χ3v) is 4.99. The van der Waals surface area contributed by atoms with Gasteiger partial charge in [-0.25, -0.2) is 13.1 Å². The van der Waals surface area contributed by atoms with Crippen LogP contribution in [0.15, 0.2) is 48.5 Å². The molecule has 0 aliphatic rings. The van der Waals surface area contributed by atoms with Gasteiger partial charge in [0.05, 0.1) is 26.0 Å². The summed E-state index contributed by atoms with van der Waals surface area (Å²) in [7, 11) is -2.04. The molecule has 0 atom stereocenters. The number of hydrogen-bond acceptors (Lipinski definition) is 5. The van der Waals surface area contributed by atoms with Gasteiger partial charge in [-0.05, 0) is 42.3 Å². The van der Waals surface area contributed by atoms with Crippen molar-refractivity contribution in [3.8, 4) is 11.5 Å². The molecular weight excluding hydrogens is 368 g/mol. The molecule has 0 unspecified atom stereocenters. The van der Waals surface area contributed by atoms with E-state index in [-0.39, 0.29) is 12.3 Å². The quantitative estimate of drug-likeness (QED) is 0.643. The lowest BCUT2D eigenvalue weighted by Crippen LogP contribution is -2.37. The summed E-state index contributed by atoms with van der Waals surface area (Å²) in [5.74, 6) is 0.809. The summed E-state index contributed by atoms with van der Waals surface area (Å²) < 4.78 is 36.9. The molecule has 0 aliphatic carbocycles. The Morgan fingerprint density at radius 1 is 0.963 bits per heavy atom. The highest BCUT2D eigenvalue weighted by atomic mass is 32.2. The maximum absolute atomic E-state index is 12.1. The van der Waals surface area contributed by atoms with Crippen LogP contribution in [0.2, 0.25) is 0 Å². The summed E-state index contributed by atoms with van der Waals surface area (Å²) in [5, 5.41) is 2.67. The second-order valence-corrected chi connectivity index (χ2v) is 7.59. The molecule has 0 aromatic heterocycles. The molecule has 0 aliphatic heterocycles. The molecule has 2 rings (SSSR count). The average Bonchev–Trinajstić information content (AvgIpc) is 2.67. The van der Waals surface area contributed by atoms with Crippen molar-refractivity contribution >= 4 is 15.9 Å². The van der Waals surface area contributed by atoms with Crippen molar-refractivity contribution < 1.29 is 22.7 Å². The van der Waals surface area contributed by atoms with E-state index in [4.69, 9.17) is 9.47 Å². The normalized spacial score (nSPS) is 11.0. The topological polar surface area (TPSA) is 93.7 Å². The Labute approximate surface area is 159 Å². The van der Waals surface area contributed by atoms with Crippen LogP contribution in [0.5, 0.6) is 11.5 Å². The van der Waals surface area contributed by atoms with E-state index in [2.05, 4.69) is 10.0 Å². The van der Waals surface area contributed by atoms with E-state index in [0.717, 1.165) is 11.3 Å². The fraction of sp³-hybridized carbons (Fsp3) is 0.316. The minimum Gasteiger partial charge on any atom is -0.497 e. The minimum absolute atomic E-state index is 0.203. The van der Waals surface area contributed by atoms with Crippen LogP contribution in [0.25, 0.3) is 0 Å². The molecular formula is C19H24N2O5S. The standard InChI is InChI=1S/C19H24N2O5S/c1-3-26-18-10-6-16(7-11-18)14-27(23,24)21-13-19(22)20-12-15-4-8-17(25-2)9-5-15/h4-11,21H,3,12-14H2,1-2H3,(H,20,22). The van der Waals surface area contributed by atoms with Gasteiger partial charge in [-0.2, -0.15) is 0 Å². The Balaban J connectivity index is 1.78. The lowest BCUT2D eigenvalue weighted by atomic mass is 10.2. The van der Waals surface area contributed by atoms with Gasteiger partial charge in [0.15, 0.2) is 0 Å². The van der Waals surface area contributed by atoms with Gasteiger partial charge in [0.2, 0.25) is 15.9 Å². The van der Waals surface area contributed by atoms with E-state index in [9.17, 15) is 13.2 Å². The first-order valence-electron chi connectivity index (χ1n) is 8.50. The molecule has 0 spiro atoms. The average molecular weight is 392 g/mol. The van der Waals surface area contributed by atoms with Crippen LogP contribution in [0.4, 0.5) is 0 Å². The molecule has 0 heterocycles. The summed E-state index contributed by atoms with van der Waals surface area (Å²) in [6.45, 7) is 2.42. The molecule has 0 bridgehead atoms. The Morgan fingerprint density at radius 2 is 1.56 bits per heavy atom. The maximum Gasteiger partial charge on any atom is 0.235 e. The molecule has 0 fully saturated rings. The lowest BCUT2D eigenvalue weighted by molar-refractivity contribution is -0.120. The van der Waals surface area contributed by atoms with Crippen molar-refractivity contribution in [2.45, 2.75) is 19.2 Å². The van der Waals surface area contributed by atoms with Crippen LogP contribution in [-0.4, -0.2) is 34.6 Å². The molecule has 2 aromatic carbocycles. The van der Waals surface area contributed by atoms with E-state index in [0.29, 0.717) is 24.5 Å². The van der Waals surface area contributed by atoms with Crippen LogP contribution >= 0.6 is 0 Å². The van der Waals surface area contributed by atoms with Crippen molar-refractivity contribution in [3.63, 3.8) is 0 Å². The van der Waals surface area contributed by atoms with E-state index in [1.165, 1.54) is 0 Å². The van der Waals surface area contributed by atoms with Crippen molar-refractivity contribution in [1.82, 2.24) is 10.0 Å². The van der Waals surface area contributed by atoms with Crippen LogP contribution < -0.4 is 19.5 Å². The highest BCUT2D eigenvalue weighted by Crippen LogP contribution is 2.14. The molecule has 0 saturated heterocycles. The molecule has 2 aromatic rings. The van der Waals surface area contributed by atoms with Crippen molar-refractivity contribution in [2.75, 3.05) is 20.3 Å². The van der Waals surface area contributed by atoms with Crippen LogP contribution in [-0.2, 0) is 27.1 Å². The summed E-state index contributed by atoms with van der Waals surface area (Å²) >= 11 is 0. The zero-order chi connectivity index (χ0) is 19.7. The van der Waals surface area contributed by atoms with Gasteiger partial charge in [0.1, 0.15) is 11.5 Å². The molecule has 1 amide bonds. The number of benzene rings is 2. The first-order valence-corrected chi connectivity index (χ1v) is 10.2. The summed E-state index contributed by atoms with van der Waals surface area (Å²) in [6.07, 6.45) is 0. The Kier molecular flexibility index (Phi) is 7.63. The van der Waals surface area contributed by atoms with Gasteiger partial charge in [0.25, 0.3) is 0 Å². The number of rotatable bonds is 10. The number of nitrogens with one attached hydrogen (secondary N) is 2. The molecule has 0 radical (unpaired) electrons. The van der Waals surface area contributed by atoms with Gasteiger partial charge >= 0.3 is 0 Å². The highest BCUT2D eigenvalue weighted by molar-refractivity contribution is 7.88. The number of methoxy groups -OCH3 is 1. The highest BCUT2D eigenvalue weighted by Gasteiger charge is 2.13. The summed E-state index contributed by atoms with van der Waals surface area (Å²) in [5.41, 5.74) is 1.51. The third kappa shape index (κ3) is 7.28. The number of carbonyl (C=O) groups is 1. The first kappa shape index (κ1) is 20.7. The van der Waals surface area contributed by atoms with Gasteiger partial charge in [-0.15, -0.1) is 0 Å². The Hall–Kier alpha value is -2.58. The second kappa shape index (κ2) is 9.94. The fourth-order valence-electron chi connectivity index (χ4n) is 2.30. The Morgan fingerprint density at radius 3 is 2.15 bits per heavy atom. The zero-order valence-corrected chi connectivity index (χ0v) is 16.2. The van der Waals surface area contributed by atoms with Crippen molar-refractivity contribution in [2.24, 2.45) is 0 Å². The summed E-state index contributed by atoms with van der Waals surface area (Å²) in [6, 6.07) is 14.1. The lowest BCUT2D eigenvalue weighted by Gasteiger charge is -2.09. The third-order valence-electron chi connectivity index (χ3n) is 3.69. The number of ether oxygens (including phenoxy) is 2. The van der Waals surface area contributed by atoms with Gasteiger partial charge in [-0.3, -0.25) is 4.79 Å². The SMILES string of the molecule is CCOc1ccc(CS(=O)(=O)NCC(=O)NCc2ccc(OC)cc2)cc1. The monoisotopic (exact) mass is 392 g/mol. The van der Waals surface area contributed by atoms with E-state index < -0.39 is 15.9 Å². The second-order valence-electron chi connectivity index (χ2n) is 5.78. The molecule has 27 heavy (non-hydrogen) atoms. The molecule has 0 saturated carbocycles. The predicted molar refractivity (Wildman–Crippen MR) is 103 cm³/mol. The minimum atomic E-state index is -3.61. The molecule has 146 valence electrons. The van der Waals surface area contributed by atoms with Crippen molar-refractivity contribution in [1.29, 1.82) is 0 Å². The molecule has 8 heteroatoms. The fourth-order valence-corrected chi connectivity index (χ4v) is 3.39. The van der Waals surface area contributed by atoms with Gasteiger partial charge in [-0.1, -0.05) is 24.3 Å². The molecule has 2 N–H and O–H groups in total. The van der Waals surface area contributed by atoms with E-state index in [1.54, 1.807) is 43.5 Å². The van der Waals surface area contributed by atoms with Crippen LogP contribution in [0.3, 0.4) is 0 Å². The largest absolute Gasteiger partial charge is 0.497 e. The van der Waals surface area contributed by atoms with Crippen LogP contribution in [0, 0.1) is 0 Å². The first-order chi connectivity index (χ1) is 12.9. The Bertz CT molecular complexity index is 833. The molecule has 7 nitrogen and oxygen atoms in total. The van der Waals surface area contributed by atoms with Gasteiger partial charge < -0.3 is 14.8 Å². The zero-order valence-electron chi connectivity index (χ0n) is 15.4. The summed E-state index contributed by atoms with van der Waals surface area (Å²) in [4.78, 5) is 11.9. The van der Waals surface area contributed by atoms with Crippen molar-refractivity contribution in [3.05, 3.63) is 59.7 Å². The number of hydrogen-bond donors (Lipinski definition) is 2. The number of carbonyl (C=O) groups excluding carboxylic acids is 1. The van der Waals surface area contributed by atoms with Gasteiger partial charge in [0, 0.05) is 6.54 Å².